The molecular weight excluding hydrogens is 251 g/mol. The molecule has 3 heteroatoms. The van der Waals surface area contributed by atoms with E-state index in [-0.39, 0.29) is 6.67 Å². The van der Waals surface area contributed by atoms with E-state index in [1.807, 2.05) is 0 Å². The fraction of sp³-hybridized carbons (Fsp3) is 0.647. The van der Waals surface area contributed by atoms with Gasteiger partial charge in [0.2, 0.25) is 0 Å². The molecule has 0 amide bonds. The van der Waals surface area contributed by atoms with Crippen LogP contribution in [-0.4, -0.2) is 25.8 Å². The fourth-order valence-corrected chi connectivity index (χ4v) is 3.78. The van der Waals surface area contributed by atoms with E-state index in [0.29, 0.717) is 12.6 Å². The lowest BCUT2D eigenvalue weighted by Gasteiger charge is -2.33. The highest BCUT2D eigenvalue weighted by Crippen LogP contribution is 2.30. The Morgan fingerprint density at radius 3 is 2.75 bits per heavy atom. The number of fused-ring (bicyclic) bond motifs is 1. The van der Waals surface area contributed by atoms with Crippen molar-refractivity contribution in [2.75, 3.05) is 24.7 Å². The number of rotatable bonds is 3. The Labute approximate surface area is 121 Å². The molecule has 1 aromatic rings. The summed E-state index contributed by atoms with van der Waals surface area (Å²) in [6.07, 6.45) is 6.77. The third kappa shape index (κ3) is 2.98. The van der Waals surface area contributed by atoms with Gasteiger partial charge in [-0.25, -0.2) is 4.39 Å². The maximum Gasteiger partial charge on any atom is 0.107 e. The van der Waals surface area contributed by atoms with E-state index in [1.54, 1.807) is 0 Å². The molecule has 110 valence electrons. The van der Waals surface area contributed by atoms with E-state index in [1.165, 1.54) is 43.4 Å². The van der Waals surface area contributed by atoms with E-state index < -0.39 is 0 Å². The number of hydrogen-bond acceptors (Lipinski definition) is 2. The quantitative estimate of drug-likeness (QED) is 0.909. The lowest BCUT2D eigenvalue weighted by atomic mass is 9.83. The topological polar surface area (TPSA) is 15.3 Å². The minimum Gasteiger partial charge on any atom is -0.367 e. The first-order chi connectivity index (χ1) is 9.88. The highest BCUT2D eigenvalue weighted by Gasteiger charge is 2.28. The average molecular weight is 276 g/mol. The highest BCUT2D eigenvalue weighted by molar-refractivity contribution is 5.54. The van der Waals surface area contributed by atoms with E-state index in [0.717, 1.165) is 19.0 Å². The summed E-state index contributed by atoms with van der Waals surface area (Å²) in [5, 5.41) is 3.73. The zero-order valence-corrected chi connectivity index (χ0v) is 12.2. The first-order valence-corrected chi connectivity index (χ1v) is 8.00. The zero-order chi connectivity index (χ0) is 13.8. The molecule has 0 radical (unpaired) electrons. The van der Waals surface area contributed by atoms with Gasteiger partial charge in [0.25, 0.3) is 0 Å². The molecule has 20 heavy (non-hydrogen) atoms. The van der Waals surface area contributed by atoms with Crippen LogP contribution >= 0.6 is 0 Å². The normalized spacial score (nSPS) is 24.2. The summed E-state index contributed by atoms with van der Waals surface area (Å²) in [5.41, 5.74) is 2.52. The molecular formula is C17H25FN2. The summed E-state index contributed by atoms with van der Waals surface area (Å²) in [4.78, 5) is 2.24. The largest absolute Gasteiger partial charge is 0.367 e. The highest BCUT2D eigenvalue weighted by atomic mass is 19.1. The molecule has 1 aromatic carbocycles. The second kappa shape index (κ2) is 6.57. The molecule has 1 aliphatic carbocycles. The standard InChI is InChI=1S/C17H25FN2/c18-10-11-20-13-16(14-6-2-1-3-7-14)19-12-15-8-4-5-9-17(15)20/h4-5,8-9,14,16,19H,1-3,6-7,10-13H2. The first kappa shape index (κ1) is 13.9. The van der Waals surface area contributed by atoms with E-state index in [4.69, 9.17) is 0 Å². The van der Waals surface area contributed by atoms with E-state index in [2.05, 4.69) is 34.5 Å². The van der Waals surface area contributed by atoms with Crippen LogP contribution in [0.25, 0.3) is 0 Å². The van der Waals surface area contributed by atoms with Crippen molar-refractivity contribution in [2.24, 2.45) is 5.92 Å². The summed E-state index contributed by atoms with van der Waals surface area (Å²) < 4.78 is 12.9. The number of benzene rings is 1. The molecule has 0 bridgehead atoms. The van der Waals surface area contributed by atoms with Gasteiger partial charge in [-0.3, -0.25) is 0 Å². The van der Waals surface area contributed by atoms with Crippen LogP contribution in [0.4, 0.5) is 10.1 Å². The van der Waals surface area contributed by atoms with Gasteiger partial charge in [0.15, 0.2) is 0 Å². The van der Waals surface area contributed by atoms with Crippen molar-refractivity contribution in [2.45, 2.75) is 44.7 Å². The minimum absolute atomic E-state index is 0.272. The number of nitrogens with one attached hydrogen (secondary N) is 1. The van der Waals surface area contributed by atoms with E-state index >= 15 is 0 Å². The van der Waals surface area contributed by atoms with Gasteiger partial charge in [-0.2, -0.15) is 0 Å². The van der Waals surface area contributed by atoms with Gasteiger partial charge < -0.3 is 10.2 Å². The maximum absolute atomic E-state index is 12.9. The van der Waals surface area contributed by atoms with Crippen molar-refractivity contribution < 1.29 is 4.39 Å². The van der Waals surface area contributed by atoms with Crippen molar-refractivity contribution in [3.8, 4) is 0 Å². The van der Waals surface area contributed by atoms with Gasteiger partial charge in [0.1, 0.15) is 6.67 Å². The smallest absolute Gasteiger partial charge is 0.107 e. The van der Waals surface area contributed by atoms with Crippen molar-refractivity contribution in [3.05, 3.63) is 29.8 Å². The summed E-state index contributed by atoms with van der Waals surface area (Å²) in [7, 11) is 0. The summed E-state index contributed by atoms with van der Waals surface area (Å²) >= 11 is 0. The summed E-state index contributed by atoms with van der Waals surface area (Å²) in [6.45, 7) is 2.11. The lowest BCUT2D eigenvalue weighted by molar-refractivity contribution is 0.270. The molecule has 1 atom stereocenters. The molecule has 3 rings (SSSR count). The van der Waals surface area contributed by atoms with Crippen LogP contribution in [0.3, 0.4) is 0 Å². The van der Waals surface area contributed by atoms with Crippen LogP contribution < -0.4 is 10.2 Å². The third-order valence-electron chi connectivity index (χ3n) is 4.88. The number of hydrogen-bond donors (Lipinski definition) is 1. The third-order valence-corrected chi connectivity index (χ3v) is 4.88. The molecule has 1 fully saturated rings. The van der Waals surface area contributed by atoms with Crippen LogP contribution in [0.2, 0.25) is 0 Å². The van der Waals surface area contributed by atoms with Crippen molar-refractivity contribution in [1.82, 2.24) is 5.32 Å². The summed E-state index contributed by atoms with van der Waals surface area (Å²) in [5.74, 6) is 0.764. The van der Waals surface area contributed by atoms with Gasteiger partial charge in [-0.15, -0.1) is 0 Å². The second-order valence-corrected chi connectivity index (χ2v) is 6.15. The average Bonchev–Trinajstić information content (AvgIpc) is 2.69. The molecule has 1 N–H and O–H groups in total. The van der Waals surface area contributed by atoms with E-state index in [9.17, 15) is 4.39 Å². The molecule has 2 nitrogen and oxygen atoms in total. The van der Waals surface area contributed by atoms with Gasteiger partial charge in [-0.05, 0) is 30.4 Å². The molecule has 0 saturated heterocycles. The number of alkyl halides is 1. The van der Waals surface area contributed by atoms with Crippen molar-refractivity contribution in [1.29, 1.82) is 0 Å². The Kier molecular flexibility index (Phi) is 4.56. The molecule has 1 heterocycles. The molecule has 2 aliphatic rings. The molecule has 0 aromatic heterocycles. The van der Waals surface area contributed by atoms with Gasteiger partial charge in [0.05, 0.1) is 0 Å². The SMILES string of the molecule is FCCN1CC(C2CCCCC2)NCc2ccccc21. The van der Waals surface area contributed by atoms with Crippen LogP contribution in [0.15, 0.2) is 24.3 Å². The van der Waals surface area contributed by atoms with Gasteiger partial charge in [0, 0.05) is 31.4 Å². The van der Waals surface area contributed by atoms with Crippen molar-refractivity contribution in [3.63, 3.8) is 0 Å². The predicted molar refractivity (Wildman–Crippen MR) is 81.8 cm³/mol. The van der Waals surface area contributed by atoms with Crippen LogP contribution in [0, 0.1) is 5.92 Å². The van der Waals surface area contributed by atoms with Gasteiger partial charge in [-0.1, -0.05) is 37.5 Å². The number of anilines is 1. The van der Waals surface area contributed by atoms with Crippen molar-refractivity contribution >= 4 is 5.69 Å². The van der Waals surface area contributed by atoms with Crippen LogP contribution in [0.1, 0.15) is 37.7 Å². The maximum atomic E-state index is 12.9. The Hall–Kier alpha value is -1.09. The number of para-hydroxylation sites is 1. The second-order valence-electron chi connectivity index (χ2n) is 6.15. The lowest BCUT2D eigenvalue weighted by Crippen LogP contribution is -2.44. The molecule has 1 saturated carbocycles. The van der Waals surface area contributed by atoms with Gasteiger partial charge >= 0.3 is 0 Å². The predicted octanol–water partition coefficient (Wildman–Crippen LogP) is 3.51. The first-order valence-electron chi connectivity index (χ1n) is 8.00. The fourth-order valence-electron chi connectivity index (χ4n) is 3.78. The Morgan fingerprint density at radius 2 is 1.95 bits per heavy atom. The Balaban J connectivity index is 1.78. The summed E-state index contributed by atoms with van der Waals surface area (Å²) in [6, 6.07) is 8.95. The van der Waals surface area contributed by atoms with Crippen LogP contribution in [0.5, 0.6) is 0 Å². The molecule has 0 spiro atoms. The Bertz CT molecular complexity index is 429. The molecule has 1 unspecified atom stereocenters. The zero-order valence-electron chi connectivity index (χ0n) is 12.2. The number of nitrogens with zero attached hydrogens (tertiary/aromatic N) is 1. The minimum atomic E-state index is -0.272. The van der Waals surface area contributed by atoms with Crippen LogP contribution in [-0.2, 0) is 6.54 Å². The monoisotopic (exact) mass is 276 g/mol. The Morgan fingerprint density at radius 1 is 1.15 bits per heavy atom. The number of halogens is 1. The molecule has 1 aliphatic heterocycles.